The lowest BCUT2D eigenvalue weighted by Gasteiger charge is -2.14. The van der Waals surface area contributed by atoms with Crippen LogP contribution in [0, 0.1) is 5.92 Å². The van der Waals surface area contributed by atoms with Gasteiger partial charge in [-0.3, -0.25) is 4.79 Å². The Bertz CT molecular complexity index is 564. The summed E-state index contributed by atoms with van der Waals surface area (Å²) in [5.41, 5.74) is 1.16. The predicted octanol–water partition coefficient (Wildman–Crippen LogP) is 2.09. The first-order chi connectivity index (χ1) is 9.59. The van der Waals surface area contributed by atoms with Crippen molar-refractivity contribution in [2.45, 2.75) is 20.0 Å². The number of nitrogens with zero attached hydrogens (tertiary/aromatic N) is 1. The van der Waals surface area contributed by atoms with E-state index in [4.69, 9.17) is 4.52 Å². The molecular weight excluding hydrogens is 256 g/mol. The molecule has 0 aliphatic rings. The number of amides is 1. The molecule has 0 saturated heterocycles. The van der Waals surface area contributed by atoms with Crippen molar-refractivity contribution < 1.29 is 14.4 Å². The van der Waals surface area contributed by atoms with E-state index in [1.165, 1.54) is 6.20 Å². The Hall–Kier alpha value is -2.14. The van der Waals surface area contributed by atoms with Crippen molar-refractivity contribution in [2.75, 3.05) is 6.54 Å². The maximum atomic E-state index is 12.1. The molecule has 5 heteroatoms. The first-order valence-electron chi connectivity index (χ1n) is 6.56. The molecule has 2 N–H and O–H groups in total. The summed E-state index contributed by atoms with van der Waals surface area (Å²) in [6.45, 7) is 3.99. The molecule has 0 saturated carbocycles. The Morgan fingerprint density at radius 1 is 1.35 bits per heavy atom. The molecule has 0 fully saturated rings. The van der Waals surface area contributed by atoms with E-state index >= 15 is 0 Å². The van der Waals surface area contributed by atoms with Crippen LogP contribution in [-0.2, 0) is 0 Å². The second-order valence-electron chi connectivity index (χ2n) is 4.96. The number of hydrogen-bond acceptors (Lipinski definition) is 4. The Kier molecular flexibility index (Phi) is 4.53. The Morgan fingerprint density at radius 3 is 2.70 bits per heavy atom. The lowest BCUT2D eigenvalue weighted by atomic mass is 10.1. The standard InChI is InChI=1S/C15H18N2O3/c1-10(2)13(18)9-16-15(19)12-8-17-20-14(12)11-6-4-3-5-7-11/h3-8,10,13,18H,9H2,1-2H3,(H,16,19). The summed E-state index contributed by atoms with van der Waals surface area (Å²) in [4.78, 5) is 12.1. The first-order valence-corrected chi connectivity index (χ1v) is 6.56. The van der Waals surface area contributed by atoms with Gasteiger partial charge in [0.15, 0.2) is 5.76 Å². The average Bonchev–Trinajstić information content (AvgIpc) is 2.94. The summed E-state index contributed by atoms with van der Waals surface area (Å²) in [5.74, 6) is 0.221. The molecule has 0 spiro atoms. The van der Waals surface area contributed by atoms with Crippen LogP contribution >= 0.6 is 0 Å². The third kappa shape index (κ3) is 3.24. The molecule has 20 heavy (non-hydrogen) atoms. The number of aromatic nitrogens is 1. The Morgan fingerprint density at radius 2 is 2.05 bits per heavy atom. The zero-order valence-corrected chi connectivity index (χ0v) is 11.5. The fourth-order valence-corrected chi connectivity index (χ4v) is 1.73. The molecule has 2 aromatic rings. The third-order valence-electron chi connectivity index (χ3n) is 3.09. The fourth-order valence-electron chi connectivity index (χ4n) is 1.73. The highest BCUT2D eigenvalue weighted by molar-refractivity contribution is 5.99. The number of carbonyl (C=O) groups is 1. The van der Waals surface area contributed by atoms with Gasteiger partial charge in [-0.2, -0.15) is 0 Å². The molecule has 106 valence electrons. The second kappa shape index (κ2) is 6.34. The maximum absolute atomic E-state index is 12.1. The van der Waals surface area contributed by atoms with Gasteiger partial charge in [-0.15, -0.1) is 0 Å². The smallest absolute Gasteiger partial charge is 0.256 e. The van der Waals surface area contributed by atoms with Crippen molar-refractivity contribution in [1.82, 2.24) is 10.5 Å². The van der Waals surface area contributed by atoms with E-state index < -0.39 is 6.10 Å². The van der Waals surface area contributed by atoms with Crippen molar-refractivity contribution in [3.63, 3.8) is 0 Å². The molecular formula is C15H18N2O3. The maximum Gasteiger partial charge on any atom is 0.256 e. The van der Waals surface area contributed by atoms with Crippen LogP contribution in [0.25, 0.3) is 11.3 Å². The summed E-state index contributed by atoms with van der Waals surface area (Å²) >= 11 is 0. The molecule has 1 atom stereocenters. The minimum atomic E-state index is -0.570. The lowest BCUT2D eigenvalue weighted by Crippen LogP contribution is -2.34. The van der Waals surface area contributed by atoms with Crippen LogP contribution in [-0.4, -0.2) is 28.8 Å². The zero-order valence-electron chi connectivity index (χ0n) is 11.5. The Labute approximate surface area is 117 Å². The summed E-state index contributed by atoms with van der Waals surface area (Å²) in [7, 11) is 0. The average molecular weight is 274 g/mol. The number of nitrogens with one attached hydrogen (secondary N) is 1. The van der Waals surface area contributed by atoms with Gasteiger partial charge in [-0.1, -0.05) is 49.3 Å². The van der Waals surface area contributed by atoms with Crippen LogP contribution < -0.4 is 5.32 Å². The van der Waals surface area contributed by atoms with Crippen molar-refractivity contribution >= 4 is 5.91 Å². The molecule has 0 aliphatic heterocycles. The van der Waals surface area contributed by atoms with Crippen LogP contribution in [0.1, 0.15) is 24.2 Å². The lowest BCUT2D eigenvalue weighted by molar-refractivity contribution is 0.0872. The molecule has 0 radical (unpaired) electrons. The predicted molar refractivity (Wildman–Crippen MR) is 75.1 cm³/mol. The summed E-state index contributed by atoms with van der Waals surface area (Å²) in [6, 6.07) is 9.31. The monoisotopic (exact) mass is 274 g/mol. The highest BCUT2D eigenvalue weighted by Gasteiger charge is 2.19. The first kappa shape index (κ1) is 14.3. The van der Waals surface area contributed by atoms with Crippen molar-refractivity contribution in [2.24, 2.45) is 5.92 Å². The van der Waals surface area contributed by atoms with E-state index in [-0.39, 0.29) is 18.4 Å². The molecule has 0 aliphatic carbocycles. The van der Waals surface area contributed by atoms with Crippen LogP contribution in [0.5, 0.6) is 0 Å². The highest BCUT2D eigenvalue weighted by atomic mass is 16.5. The van der Waals surface area contributed by atoms with Gasteiger partial charge in [0.25, 0.3) is 5.91 Å². The van der Waals surface area contributed by atoms with Gasteiger partial charge >= 0.3 is 0 Å². The van der Waals surface area contributed by atoms with E-state index in [0.717, 1.165) is 5.56 Å². The normalized spacial score (nSPS) is 12.4. The molecule has 1 heterocycles. The van der Waals surface area contributed by atoms with Gasteiger partial charge in [0.1, 0.15) is 5.56 Å². The van der Waals surface area contributed by atoms with Gasteiger partial charge in [0.2, 0.25) is 0 Å². The molecule has 1 aromatic heterocycles. The molecule has 5 nitrogen and oxygen atoms in total. The molecule has 1 unspecified atom stereocenters. The van der Waals surface area contributed by atoms with Crippen molar-refractivity contribution in [1.29, 1.82) is 0 Å². The summed E-state index contributed by atoms with van der Waals surface area (Å²) in [5, 5.41) is 16.1. The fraction of sp³-hybridized carbons (Fsp3) is 0.333. The largest absolute Gasteiger partial charge is 0.391 e. The van der Waals surface area contributed by atoms with Crippen molar-refractivity contribution in [3.05, 3.63) is 42.1 Å². The molecule has 1 aromatic carbocycles. The van der Waals surface area contributed by atoms with E-state index in [0.29, 0.717) is 11.3 Å². The summed E-state index contributed by atoms with van der Waals surface area (Å²) in [6.07, 6.45) is 0.818. The zero-order chi connectivity index (χ0) is 14.5. The SMILES string of the molecule is CC(C)C(O)CNC(=O)c1cnoc1-c1ccccc1. The number of aliphatic hydroxyl groups is 1. The topological polar surface area (TPSA) is 75.4 Å². The Balaban J connectivity index is 2.10. The van der Waals surface area contributed by atoms with Gasteiger partial charge in [0.05, 0.1) is 12.3 Å². The van der Waals surface area contributed by atoms with Gasteiger partial charge in [-0.25, -0.2) is 0 Å². The number of benzene rings is 1. The van der Waals surface area contributed by atoms with Crippen LogP contribution in [0.3, 0.4) is 0 Å². The van der Waals surface area contributed by atoms with E-state index in [2.05, 4.69) is 10.5 Å². The van der Waals surface area contributed by atoms with E-state index in [9.17, 15) is 9.90 Å². The number of aliphatic hydroxyl groups excluding tert-OH is 1. The van der Waals surface area contributed by atoms with Crippen LogP contribution in [0.4, 0.5) is 0 Å². The summed E-state index contributed by atoms with van der Waals surface area (Å²) < 4.78 is 5.15. The van der Waals surface area contributed by atoms with E-state index in [1.807, 2.05) is 44.2 Å². The minimum absolute atomic E-state index is 0.0892. The van der Waals surface area contributed by atoms with Crippen molar-refractivity contribution in [3.8, 4) is 11.3 Å². The quantitative estimate of drug-likeness (QED) is 0.875. The second-order valence-corrected chi connectivity index (χ2v) is 4.96. The minimum Gasteiger partial charge on any atom is -0.391 e. The number of rotatable bonds is 5. The van der Waals surface area contributed by atoms with E-state index in [1.54, 1.807) is 0 Å². The van der Waals surface area contributed by atoms with Crippen LogP contribution in [0.15, 0.2) is 41.1 Å². The van der Waals surface area contributed by atoms with Gasteiger partial charge in [0, 0.05) is 12.1 Å². The van der Waals surface area contributed by atoms with Gasteiger partial charge in [-0.05, 0) is 5.92 Å². The van der Waals surface area contributed by atoms with Crippen LogP contribution in [0.2, 0.25) is 0 Å². The molecule has 2 rings (SSSR count). The molecule has 1 amide bonds. The third-order valence-corrected chi connectivity index (χ3v) is 3.09. The van der Waals surface area contributed by atoms with Gasteiger partial charge < -0.3 is 14.9 Å². The molecule has 0 bridgehead atoms. The highest BCUT2D eigenvalue weighted by Crippen LogP contribution is 2.22. The number of carbonyl (C=O) groups excluding carboxylic acids is 1. The number of hydrogen-bond donors (Lipinski definition) is 2.